The van der Waals surface area contributed by atoms with Gasteiger partial charge in [-0.3, -0.25) is 15.0 Å². The number of rotatable bonds is 6. The SMILES string of the molecule is COc1cncc(NCc2cc3nccnc3cc2F)c1O[C@@H]1CCNC1. The first kappa shape index (κ1) is 17.4. The summed E-state index contributed by atoms with van der Waals surface area (Å²) in [5.74, 6) is 0.785. The van der Waals surface area contributed by atoms with Crippen molar-refractivity contribution < 1.29 is 13.9 Å². The van der Waals surface area contributed by atoms with Crippen LogP contribution < -0.4 is 20.1 Å². The lowest BCUT2D eigenvalue weighted by molar-refractivity contribution is 0.213. The summed E-state index contributed by atoms with van der Waals surface area (Å²) in [5.41, 5.74) is 2.31. The molecule has 1 saturated heterocycles. The second-order valence-electron chi connectivity index (χ2n) is 6.29. The highest BCUT2D eigenvalue weighted by molar-refractivity contribution is 5.74. The highest BCUT2D eigenvalue weighted by Crippen LogP contribution is 2.36. The van der Waals surface area contributed by atoms with Gasteiger partial charge in [0.05, 0.1) is 36.2 Å². The number of aromatic nitrogens is 3. The molecule has 2 aromatic heterocycles. The molecule has 0 unspecified atom stereocenters. The van der Waals surface area contributed by atoms with Gasteiger partial charge >= 0.3 is 0 Å². The van der Waals surface area contributed by atoms with Crippen molar-refractivity contribution in [3.63, 3.8) is 0 Å². The van der Waals surface area contributed by atoms with Gasteiger partial charge in [0.1, 0.15) is 11.9 Å². The van der Waals surface area contributed by atoms with Crippen molar-refractivity contribution in [2.24, 2.45) is 0 Å². The van der Waals surface area contributed by atoms with Crippen LogP contribution in [-0.4, -0.2) is 41.3 Å². The minimum absolute atomic E-state index is 0.0644. The van der Waals surface area contributed by atoms with Gasteiger partial charge in [-0.2, -0.15) is 0 Å². The third kappa shape index (κ3) is 3.75. The largest absolute Gasteiger partial charge is 0.491 e. The van der Waals surface area contributed by atoms with Crippen LogP contribution in [0.4, 0.5) is 10.1 Å². The van der Waals surface area contributed by atoms with Crippen LogP contribution in [0, 0.1) is 5.82 Å². The maximum atomic E-state index is 14.4. The standard InChI is InChI=1S/C19H20FN5O2/c1-26-18-11-22-10-17(19(18)27-13-2-3-21-9-13)25-8-12-6-15-16(7-14(12)20)24-5-4-23-15/h4-7,10-11,13,21,25H,2-3,8-9H2,1H3/t13-/m1/s1. The Morgan fingerprint density at radius 1 is 1.22 bits per heavy atom. The third-order valence-electron chi connectivity index (χ3n) is 4.49. The van der Waals surface area contributed by atoms with E-state index in [0.29, 0.717) is 33.8 Å². The van der Waals surface area contributed by atoms with E-state index in [-0.39, 0.29) is 18.5 Å². The molecule has 3 aromatic rings. The van der Waals surface area contributed by atoms with Gasteiger partial charge in [-0.05, 0) is 19.0 Å². The van der Waals surface area contributed by atoms with Crippen LogP contribution in [0.15, 0.2) is 36.9 Å². The average Bonchev–Trinajstić information content (AvgIpc) is 3.20. The second-order valence-corrected chi connectivity index (χ2v) is 6.29. The Kier molecular flexibility index (Phi) is 4.97. The fourth-order valence-corrected chi connectivity index (χ4v) is 3.07. The molecule has 1 fully saturated rings. The van der Waals surface area contributed by atoms with Gasteiger partial charge in [0.15, 0.2) is 11.5 Å². The van der Waals surface area contributed by atoms with E-state index >= 15 is 0 Å². The van der Waals surface area contributed by atoms with Crippen molar-refractivity contribution >= 4 is 16.7 Å². The van der Waals surface area contributed by atoms with Crippen LogP contribution in [0.2, 0.25) is 0 Å². The molecule has 27 heavy (non-hydrogen) atoms. The Bertz CT molecular complexity index is 947. The van der Waals surface area contributed by atoms with E-state index in [9.17, 15) is 4.39 Å². The van der Waals surface area contributed by atoms with Gasteiger partial charge in [-0.25, -0.2) is 4.39 Å². The van der Waals surface area contributed by atoms with E-state index in [2.05, 4.69) is 25.6 Å². The number of anilines is 1. The van der Waals surface area contributed by atoms with E-state index in [1.165, 1.54) is 6.07 Å². The van der Waals surface area contributed by atoms with Gasteiger partial charge in [0.2, 0.25) is 0 Å². The number of nitrogens with one attached hydrogen (secondary N) is 2. The Labute approximate surface area is 156 Å². The molecule has 1 aliphatic heterocycles. The molecule has 0 aliphatic carbocycles. The Morgan fingerprint density at radius 2 is 2.04 bits per heavy atom. The van der Waals surface area contributed by atoms with Gasteiger partial charge in [0, 0.05) is 37.1 Å². The summed E-state index contributed by atoms with van der Waals surface area (Å²) in [6.45, 7) is 1.96. The number of fused-ring (bicyclic) bond motifs is 1. The van der Waals surface area contributed by atoms with E-state index in [0.717, 1.165) is 19.5 Å². The predicted molar refractivity (Wildman–Crippen MR) is 99.5 cm³/mol. The zero-order chi connectivity index (χ0) is 18.6. The minimum atomic E-state index is -0.339. The summed E-state index contributed by atoms with van der Waals surface area (Å²) >= 11 is 0. The van der Waals surface area contributed by atoms with Gasteiger partial charge in [0.25, 0.3) is 0 Å². The molecule has 0 spiro atoms. The van der Waals surface area contributed by atoms with Crippen molar-refractivity contribution in [3.05, 3.63) is 48.3 Å². The molecule has 140 valence electrons. The highest BCUT2D eigenvalue weighted by Gasteiger charge is 2.21. The number of pyridine rings is 1. The quantitative estimate of drug-likeness (QED) is 0.691. The normalized spacial score (nSPS) is 16.4. The summed E-state index contributed by atoms with van der Waals surface area (Å²) in [6, 6.07) is 3.09. The first-order valence-corrected chi connectivity index (χ1v) is 8.77. The third-order valence-corrected chi connectivity index (χ3v) is 4.49. The first-order chi connectivity index (χ1) is 13.2. The van der Waals surface area contributed by atoms with Crippen LogP contribution in [0.5, 0.6) is 11.5 Å². The topological polar surface area (TPSA) is 81.2 Å². The summed E-state index contributed by atoms with van der Waals surface area (Å²) in [5, 5.41) is 6.48. The van der Waals surface area contributed by atoms with Crippen molar-refractivity contribution in [2.45, 2.75) is 19.1 Å². The monoisotopic (exact) mass is 369 g/mol. The molecule has 2 N–H and O–H groups in total. The summed E-state index contributed by atoms with van der Waals surface area (Å²) < 4.78 is 25.9. The zero-order valence-corrected chi connectivity index (χ0v) is 14.9. The molecule has 0 amide bonds. The number of hydrogen-bond donors (Lipinski definition) is 2. The number of methoxy groups -OCH3 is 1. The molecular weight excluding hydrogens is 349 g/mol. The number of hydrogen-bond acceptors (Lipinski definition) is 7. The molecule has 1 atom stereocenters. The number of nitrogens with zero attached hydrogens (tertiary/aromatic N) is 3. The highest BCUT2D eigenvalue weighted by atomic mass is 19.1. The Balaban J connectivity index is 1.58. The molecule has 1 aromatic carbocycles. The van der Waals surface area contributed by atoms with Gasteiger partial charge < -0.3 is 20.1 Å². The number of ether oxygens (including phenoxy) is 2. The Hall–Kier alpha value is -3.00. The molecule has 4 rings (SSSR count). The van der Waals surface area contributed by atoms with Crippen LogP contribution >= 0.6 is 0 Å². The molecule has 7 nitrogen and oxygen atoms in total. The Morgan fingerprint density at radius 3 is 2.78 bits per heavy atom. The molecule has 0 saturated carbocycles. The van der Waals surface area contributed by atoms with Crippen molar-refractivity contribution in [1.82, 2.24) is 20.3 Å². The van der Waals surface area contributed by atoms with E-state index in [1.807, 2.05) is 0 Å². The molecule has 3 heterocycles. The van der Waals surface area contributed by atoms with Crippen molar-refractivity contribution in [3.8, 4) is 11.5 Å². The summed E-state index contributed by atoms with van der Waals surface area (Å²) in [6.07, 6.45) is 7.37. The fraction of sp³-hybridized carbons (Fsp3) is 0.316. The van der Waals surface area contributed by atoms with Crippen LogP contribution in [0.1, 0.15) is 12.0 Å². The lowest BCUT2D eigenvalue weighted by atomic mass is 10.1. The first-order valence-electron chi connectivity index (χ1n) is 8.77. The van der Waals surface area contributed by atoms with Gasteiger partial charge in [-0.1, -0.05) is 0 Å². The van der Waals surface area contributed by atoms with E-state index in [4.69, 9.17) is 9.47 Å². The van der Waals surface area contributed by atoms with Crippen LogP contribution in [-0.2, 0) is 6.54 Å². The summed E-state index contributed by atoms with van der Waals surface area (Å²) in [4.78, 5) is 12.5. The maximum absolute atomic E-state index is 14.4. The zero-order valence-electron chi connectivity index (χ0n) is 14.9. The molecule has 8 heteroatoms. The molecular formula is C19H20FN5O2. The lowest BCUT2D eigenvalue weighted by Crippen LogP contribution is -2.20. The lowest BCUT2D eigenvalue weighted by Gasteiger charge is -2.19. The van der Waals surface area contributed by atoms with Crippen LogP contribution in [0.25, 0.3) is 11.0 Å². The molecule has 0 radical (unpaired) electrons. The average molecular weight is 369 g/mol. The molecule has 0 bridgehead atoms. The minimum Gasteiger partial charge on any atom is -0.491 e. The van der Waals surface area contributed by atoms with Crippen LogP contribution in [0.3, 0.4) is 0 Å². The van der Waals surface area contributed by atoms with Gasteiger partial charge in [-0.15, -0.1) is 0 Å². The van der Waals surface area contributed by atoms with E-state index in [1.54, 1.807) is 38.0 Å². The predicted octanol–water partition coefficient (Wildman–Crippen LogP) is 2.53. The second kappa shape index (κ2) is 7.71. The summed E-state index contributed by atoms with van der Waals surface area (Å²) in [7, 11) is 1.57. The smallest absolute Gasteiger partial charge is 0.187 e. The van der Waals surface area contributed by atoms with E-state index < -0.39 is 0 Å². The number of benzene rings is 1. The molecule has 1 aliphatic rings. The maximum Gasteiger partial charge on any atom is 0.187 e. The van der Waals surface area contributed by atoms with Crippen molar-refractivity contribution in [1.29, 1.82) is 0 Å². The fourth-order valence-electron chi connectivity index (χ4n) is 3.07. The van der Waals surface area contributed by atoms with Crippen molar-refractivity contribution in [2.75, 3.05) is 25.5 Å². The number of halogens is 1.